The first-order chi connectivity index (χ1) is 13.2. The lowest BCUT2D eigenvalue weighted by Crippen LogP contribution is -2.62. The van der Waals surface area contributed by atoms with E-state index in [4.69, 9.17) is 4.74 Å². The highest BCUT2D eigenvalue weighted by Crippen LogP contribution is 2.23. The number of nitrogens with zero attached hydrogens (tertiary/aromatic N) is 2. The van der Waals surface area contributed by atoms with Crippen LogP contribution < -0.4 is 5.32 Å². The Morgan fingerprint density at radius 1 is 1.11 bits per heavy atom. The van der Waals surface area contributed by atoms with Crippen molar-refractivity contribution in [2.75, 3.05) is 33.3 Å². The number of carbonyl (C=O) groups excluding carboxylic acids is 3. The summed E-state index contributed by atoms with van der Waals surface area (Å²) in [4.78, 5) is 41.8. The molecule has 2 saturated heterocycles. The van der Waals surface area contributed by atoms with E-state index in [0.717, 1.165) is 13.0 Å². The van der Waals surface area contributed by atoms with Crippen LogP contribution in [0, 0.1) is 17.8 Å². The zero-order valence-electron chi connectivity index (χ0n) is 18.1. The van der Waals surface area contributed by atoms with E-state index in [1.54, 1.807) is 4.90 Å². The minimum atomic E-state index is -0.418. The van der Waals surface area contributed by atoms with E-state index in [1.807, 2.05) is 4.90 Å². The summed E-state index contributed by atoms with van der Waals surface area (Å²) in [5.74, 6) is 0.471. The molecule has 2 rings (SSSR count). The fraction of sp³-hybridized carbons (Fsp3) is 0.857. The van der Waals surface area contributed by atoms with Gasteiger partial charge in [0.15, 0.2) is 0 Å². The Morgan fingerprint density at radius 2 is 1.75 bits per heavy atom. The number of carbonyl (C=O) groups is 3. The van der Waals surface area contributed by atoms with Crippen molar-refractivity contribution in [1.29, 1.82) is 0 Å². The second kappa shape index (κ2) is 10.2. The van der Waals surface area contributed by atoms with Crippen LogP contribution in [0.15, 0.2) is 0 Å². The van der Waals surface area contributed by atoms with Crippen LogP contribution in [0.25, 0.3) is 0 Å². The van der Waals surface area contributed by atoms with E-state index in [2.05, 4.69) is 33.0 Å². The molecule has 0 aromatic rings. The Labute approximate surface area is 169 Å². The maximum atomic E-state index is 13.3. The van der Waals surface area contributed by atoms with Crippen LogP contribution in [-0.4, -0.2) is 73.0 Å². The Kier molecular flexibility index (Phi) is 8.28. The molecule has 0 bridgehead atoms. The summed E-state index contributed by atoms with van der Waals surface area (Å²) in [6.07, 6.45) is 2.69. The van der Waals surface area contributed by atoms with E-state index in [0.29, 0.717) is 50.7 Å². The molecule has 0 aromatic heterocycles. The predicted molar refractivity (Wildman–Crippen MR) is 108 cm³/mol. The molecule has 0 aliphatic carbocycles. The van der Waals surface area contributed by atoms with Crippen molar-refractivity contribution in [2.24, 2.45) is 17.8 Å². The molecule has 0 aromatic carbocycles. The molecule has 1 N–H and O–H groups in total. The third-order valence-electron chi connectivity index (χ3n) is 5.73. The monoisotopic (exact) mass is 395 g/mol. The molecule has 2 atom stereocenters. The minimum Gasteiger partial charge on any atom is -0.469 e. The molecule has 0 spiro atoms. The Balaban J connectivity index is 2.09. The smallest absolute Gasteiger partial charge is 0.308 e. The maximum absolute atomic E-state index is 13.3. The first-order valence-electron chi connectivity index (χ1n) is 10.6. The van der Waals surface area contributed by atoms with Gasteiger partial charge in [0.1, 0.15) is 6.04 Å². The van der Waals surface area contributed by atoms with Gasteiger partial charge in [-0.05, 0) is 37.5 Å². The maximum Gasteiger partial charge on any atom is 0.308 e. The van der Waals surface area contributed by atoms with Crippen molar-refractivity contribution in [3.8, 4) is 0 Å². The van der Waals surface area contributed by atoms with Gasteiger partial charge < -0.3 is 19.9 Å². The van der Waals surface area contributed by atoms with Gasteiger partial charge in [-0.2, -0.15) is 0 Å². The topological polar surface area (TPSA) is 79.0 Å². The van der Waals surface area contributed by atoms with Crippen molar-refractivity contribution < 1.29 is 19.1 Å². The average Bonchev–Trinajstić information content (AvgIpc) is 2.66. The van der Waals surface area contributed by atoms with E-state index >= 15 is 0 Å². The standard InChI is InChI=1S/C21H37N3O4/c1-14(2)12-17-19(25)24(11-8-22-17)18(13-15(3)4)20(26)23-9-6-16(7-10-23)21(27)28-5/h14-18,22H,6-13H2,1-5H3/t17-,18-/m0/s1. The number of hydrogen-bond donors (Lipinski definition) is 1. The van der Waals surface area contributed by atoms with Gasteiger partial charge in [0, 0.05) is 26.2 Å². The highest BCUT2D eigenvalue weighted by molar-refractivity contribution is 5.90. The third-order valence-corrected chi connectivity index (χ3v) is 5.73. The number of likely N-dealkylation sites (tertiary alicyclic amines) is 1. The molecule has 0 unspecified atom stereocenters. The first kappa shape index (κ1) is 22.7. The lowest BCUT2D eigenvalue weighted by atomic mass is 9.94. The van der Waals surface area contributed by atoms with Gasteiger partial charge in [-0.1, -0.05) is 27.7 Å². The van der Waals surface area contributed by atoms with Gasteiger partial charge in [-0.3, -0.25) is 14.4 Å². The summed E-state index contributed by atoms with van der Waals surface area (Å²) in [6, 6.07) is -0.625. The summed E-state index contributed by atoms with van der Waals surface area (Å²) >= 11 is 0. The number of nitrogens with one attached hydrogen (secondary N) is 1. The number of amides is 2. The Morgan fingerprint density at radius 3 is 2.29 bits per heavy atom. The minimum absolute atomic E-state index is 0.0237. The average molecular weight is 396 g/mol. The highest BCUT2D eigenvalue weighted by Gasteiger charge is 2.39. The molecule has 0 saturated carbocycles. The quantitative estimate of drug-likeness (QED) is 0.663. The van der Waals surface area contributed by atoms with Crippen LogP contribution in [0.5, 0.6) is 0 Å². The van der Waals surface area contributed by atoms with E-state index in [1.165, 1.54) is 7.11 Å². The number of esters is 1. The number of hydrogen-bond acceptors (Lipinski definition) is 5. The molecule has 28 heavy (non-hydrogen) atoms. The van der Waals surface area contributed by atoms with Crippen LogP contribution in [0.4, 0.5) is 0 Å². The molecule has 0 radical (unpaired) electrons. The van der Waals surface area contributed by atoms with E-state index in [9.17, 15) is 14.4 Å². The van der Waals surface area contributed by atoms with Gasteiger partial charge in [-0.25, -0.2) is 0 Å². The number of piperazine rings is 1. The van der Waals surface area contributed by atoms with Gasteiger partial charge in [0.25, 0.3) is 0 Å². The van der Waals surface area contributed by atoms with Crippen LogP contribution in [0.2, 0.25) is 0 Å². The number of rotatable bonds is 7. The summed E-state index contributed by atoms with van der Waals surface area (Å²) < 4.78 is 4.84. The zero-order valence-corrected chi connectivity index (χ0v) is 18.1. The molecular weight excluding hydrogens is 358 g/mol. The highest BCUT2D eigenvalue weighted by atomic mass is 16.5. The summed E-state index contributed by atoms with van der Waals surface area (Å²) in [7, 11) is 1.40. The van der Waals surface area contributed by atoms with Gasteiger partial charge in [-0.15, -0.1) is 0 Å². The summed E-state index contributed by atoms with van der Waals surface area (Å²) in [5, 5.41) is 3.31. The zero-order chi connectivity index (χ0) is 20.8. The molecule has 160 valence electrons. The van der Waals surface area contributed by atoms with Crippen molar-refractivity contribution >= 4 is 17.8 Å². The van der Waals surface area contributed by atoms with Crippen molar-refractivity contribution in [3.63, 3.8) is 0 Å². The predicted octanol–water partition coefficient (Wildman–Crippen LogP) is 1.66. The van der Waals surface area contributed by atoms with Crippen molar-refractivity contribution in [1.82, 2.24) is 15.1 Å². The molecule has 2 aliphatic rings. The second-order valence-electron chi connectivity index (χ2n) is 8.94. The fourth-order valence-corrected chi connectivity index (χ4v) is 4.24. The molecule has 2 aliphatic heterocycles. The van der Waals surface area contributed by atoms with Crippen LogP contribution in [0.3, 0.4) is 0 Å². The molecule has 2 amide bonds. The van der Waals surface area contributed by atoms with Gasteiger partial charge in [0.05, 0.1) is 19.1 Å². The second-order valence-corrected chi connectivity index (χ2v) is 8.94. The Bertz CT molecular complexity index is 556. The van der Waals surface area contributed by atoms with Crippen LogP contribution in [0.1, 0.15) is 53.4 Å². The third kappa shape index (κ3) is 5.69. The number of methoxy groups -OCH3 is 1. The first-order valence-corrected chi connectivity index (χ1v) is 10.6. The lowest BCUT2D eigenvalue weighted by Gasteiger charge is -2.42. The van der Waals surface area contributed by atoms with Crippen LogP contribution in [-0.2, 0) is 19.1 Å². The SMILES string of the molecule is COC(=O)C1CCN(C(=O)[C@H](CC(C)C)N2CCN[C@@H](CC(C)C)C2=O)CC1. The van der Waals surface area contributed by atoms with Crippen molar-refractivity contribution in [3.05, 3.63) is 0 Å². The van der Waals surface area contributed by atoms with Gasteiger partial charge in [0.2, 0.25) is 11.8 Å². The molecule has 2 heterocycles. The van der Waals surface area contributed by atoms with Crippen LogP contribution >= 0.6 is 0 Å². The van der Waals surface area contributed by atoms with E-state index < -0.39 is 6.04 Å². The van der Waals surface area contributed by atoms with Crippen molar-refractivity contribution in [2.45, 2.75) is 65.5 Å². The molecule has 2 fully saturated rings. The molecule has 7 nitrogen and oxygen atoms in total. The van der Waals surface area contributed by atoms with E-state index in [-0.39, 0.29) is 29.7 Å². The molecular formula is C21H37N3O4. The van der Waals surface area contributed by atoms with Gasteiger partial charge >= 0.3 is 5.97 Å². The largest absolute Gasteiger partial charge is 0.469 e. The molecule has 7 heteroatoms. The fourth-order valence-electron chi connectivity index (χ4n) is 4.24. The number of ether oxygens (including phenoxy) is 1. The lowest BCUT2D eigenvalue weighted by molar-refractivity contribution is -0.153. The Hall–Kier alpha value is -1.63. The normalized spacial score (nSPS) is 22.7. The number of piperidine rings is 1. The summed E-state index contributed by atoms with van der Waals surface area (Å²) in [5.41, 5.74) is 0. The summed E-state index contributed by atoms with van der Waals surface area (Å²) in [6.45, 7) is 10.8.